The second kappa shape index (κ2) is 14.7. The van der Waals surface area contributed by atoms with Gasteiger partial charge in [0.15, 0.2) is 30.0 Å². The van der Waals surface area contributed by atoms with Gasteiger partial charge in [-0.15, -0.1) is 0 Å². The highest BCUT2D eigenvalue weighted by molar-refractivity contribution is 5.94. The fraction of sp³-hybridized carbons (Fsp3) is 0.467. The third kappa shape index (κ3) is 8.54. The molecule has 1 heterocycles. The third-order valence-corrected chi connectivity index (χ3v) is 6.57. The second-order valence-corrected chi connectivity index (χ2v) is 9.62. The summed E-state index contributed by atoms with van der Waals surface area (Å²) >= 11 is 0. The van der Waals surface area contributed by atoms with Crippen molar-refractivity contribution in [3.63, 3.8) is 0 Å². The zero-order valence-corrected chi connectivity index (χ0v) is 22.6. The van der Waals surface area contributed by atoms with Gasteiger partial charge < -0.3 is 34.3 Å². The normalized spacial score (nSPS) is 23.2. The molecule has 0 radical (unpaired) electrons. The van der Waals surface area contributed by atoms with Crippen molar-refractivity contribution in [2.45, 2.75) is 83.1 Å². The average Bonchev–Trinajstić information content (AvgIpc) is 2.92. The van der Waals surface area contributed by atoms with Gasteiger partial charge in [-0.05, 0) is 42.7 Å². The number of carbonyl (C=O) groups is 2. The van der Waals surface area contributed by atoms with Gasteiger partial charge in [-0.2, -0.15) is 0 Å². The lowest BCUT2D eigenvalue weighted by molar-refractivity contribution is -0.285. The van der Waals surface area contributed by atoms with Crippen LogP contribution in [0.2, 0.25) is 0 Å². The number of aliphatic hydroxyl groups excluding tert-OH is 2. The highest BCUT2D eigenvalue weighted by Gasteiger charge is 2.48. The number of esters is 2. The summed E-state index contributed by atoms with van der Waals surface area (Å²) in [5, 5.41) is 31.3. The van der Waals surface area contributed by atoms with Gasteiger partial charge >= 0.3 is 11.9 Å². The van der Waals surface area contributed by atoms with Crippen molar-refractivity contribution in [1.29, 1.82) is 0 Å². The number of ether oxygens (including phenoxy) is 4. The van der Waals surface area contributed by atoms with E-state index in [0.717, 1.165) is 24.8 Å². The van der Waals surface area contributed by atoms with Gasteiger partial charge in [0, 0.05) is 18.4 Å². The van der Waals surface area contributed by atoms with Gasteiger partial charge in [0.1, 0.15) is 6.10 Å². The Kier molecular flexibility index (Phi) is 11.3. The molecule has 0 aliphatic carbocycles. The van der Waals surface area contributed by atoms with Crippen LogP contribution >= 0.6 is 0 Å². The number of methoxy groups -OCH3 is 1. The molecule has 2 aromatic rings. The molecule has 3 rings (SSSR count). The number of unbranched alkanes of at least 4 members (excludes halogenated alkanes) is 3. The van der Waals surface area contributed by atoms with Crippen molar-refractivity contribution in [1.82, 2.24) is 0 Å². The predicted molar refractivity (Wildman–Crippen MR) is 144 cm³/mol. The van der Waals surface area contributed by atoms with Crippen LogP contribution in [0, 0.1) is 0 Å². The Morgan fingerprint density at radius 3 is 2.44 bits per heavy atom. The van der Waals surface area contributed by atoms with E-state index in [0.29, 0.717) is 12.0 Å². The minimum Gasteiger partial charge on any atom is -0.504 e. The Balaban J connectivity index is 1.85. The first-order chi connectivity index (χ1) is 18.7. The van der Waals surface area contributed by atoms with Crippen molar-refractivity contribution in [3.8, 4) is 11.5 Å². The maximum atomic E-state index is 13.5. The number of aromatic hydroxyl groups is 1. The zero-order valence-electron chi connectivity index (χ0n) is 22.6. The molecule has 9 heteroatoms. The van der Waals surface area contributed by atoms with E-state index in [2.05, 4.69) is 6.92 Å². The van der Waals surface area contributed by atoms with Crippen molar-refractivity contribution in [2.75, 3.05) is 7.11 Å². The number of carbonyl (C=O) groups excluding carboxylic acids is 2. The van der Waals surface area contributed by atoms with Crippen LogP contribution in [0.15, 0.2) is 54.1 Å². The van der Waals surface area contributed by atoms with E-state index < -0.39 is 42.6 Å². The van der Waals surface area contributed by atoms with Crippen molar-refractivity contribution < 1.29 is 43.9 Å². The molecule has 0 saturated carbocycles. The lowest BCUT2D eigenvalue weighted by Crippen LogP contribution is -2.59. The molecule has 1 saturated heterocycles. The monoisotopic (exact) mass is 542 g/mol. The van der Waals surface area contributed by atoms with Crippen molar-refractivity contribution >= 4 is 18.0 Å². The standard InChI is InChI=1S/C30H38O9/c1-4-5-6-10-13-25(32)38-27-26(33)19(2)37-30(35)28(27)39-29(34)22(16-20-11-8-7-9-12-20)17-21-14-15-23(31)24(18-21)36-3/h7-9,11-12,14-15,17-19,26-28,30-31,33,35H,4-6,10,13,16H2,1-3H3/t19-,26-,27-,28+,30+/m0/s1. The molecule has 212 valence electrons. The molecule has 0 bridgehead atoms. The molecule has 0 spiro atoms. The van der Waals surface area contributed by atoms with Gasteiger partial charge in [0.2, 0.25) is 0 Å². The molecule has 0 aromatic heterocycles. The minimum atomic E-state index is -1.61. The van der Waals surface area contributed by atoms with E-state index in [4.69, 9.17) is 18.9 Å². The molecule has 1 aliphatic rings. The largest absolute Gasteiger partial charge is 0.504 e. The lowest BCUT2D eigenvalue weighted by atomic mass is 9.98. The topological polar surface area (TPSA) is 132 Å². The summed E-state index contributed by atoms with van der Waals surface area (Å²) in [6, 6.07) is 13.9. The van der Waals surface area contributed by atoms with Gasteiger partial charge in [0.05, 0.1) is 13.2 Å². The smallest absolute Gasteiger partial charge is 0.334 e. The first-order valence-corrected chi connectivity index (χ1v) is 13.3. The van der Waals surface area contributed by atoms with Crippen LogP contribution in [0.5, 0.6) is 11.5 Å². The van der Waals surface area contributed by atoms with Crippen LogP contribution in [0.4, 0.5) is 0 Å². The molecular weight excluding hydrogens is 504 g/mol. The highest BCUT2D eigenvalue weighted by Crippen LogP contribution is 2.29. The SMILES string of the molecule is CCCCCCC(=O)O[C@H]1[C@@H](O)[C@H](C)O[C@@H](O)[C@@H]1OC(=O)C(=Cc1ccc(O)c(OC)c1)Cc1ccccc1. The Morgan fingerprint density at radius 1 is 1.00 bits per heavy atom. The van der Waals surface area contributed by atoms with E-state index in [-0.39, 0.29) is 29.9 Å². The van der Waals surface area contributed by atoms with Gasteiger partial charge in [-0.1, -0.05) is 62.6 Å². The summed E-state index contributed by atoms with van der Waals surface area (Å²) in [7, 11) is 1.42. The molecule has 2 aromatic carbocycles. The predicted octanol–water partition coefficient (Wildman–Crippen LogP) is 3.92. The number of phenolic OH excluding ortho intramolecular Hbond substituents is 1. The third-order valence-electron chi connectivity index (χ3n) is 6.57. The summed E-state index contributed by atoms with van der Waals surface area (Å²) in [5.74, 6) is -1.15. The van der Waals surface area contributed by atoms with Crippen LogP contribution in [-0.4, -0.2) is 65.1 Å². The van der Waals surface area contributed by atoms with Crippen molar-refractivity contribution in [2.24, 2.45) is 0 Å². The van der Waals surface area contributed by atoms with E-state index in [1.165, 1.54) is 20.1 Å². The number of benzene rings is 2. The molecule has 0 amide bonds. The maximum absolute atomic E-state index is 13.5. The molecule has 1 fully saturated rings. The first kappa shape index (κ1) is 30.1. The molecule has 1 aliphatic heterocycles. The molecule has 0 unspecified atom stereocenters. The Hall–Kier alpha value is -3.40. The number of aliphatic hydroxyl groups is 2. The molecule has 3 N–H and O–H groups in total. The number of rotatable bonds is 12. The zero-order chi connectivity index (χ0) is 28.4. The number of hydrogen-bond donors (Lipinski definition) is 3. The van der Waals surface area contributed by atoms with E-state index >= 15 is 0 Å². The molecule has 39 heavy (non-hydrogen) atoms. The van der Waals surface area contributed by atoms with Gasteiger partial charge in [-0.25, -0.2) is 4.79 Å². The van der Waals surface area contributed by atoms with Crippen molar-refractivity contribution in [3.05, 3.63) is 65.2 Å². The van der Waals surface area contributed by atoms with Gasteiger partial charge in [0.25, 0.3) is 0 Å². The fourth-order valence-corrected chi connectivity index (χ4v) is 4.35. The van der Waals surface area contributed by atoms with E-state index in [1.807, 2.05) is 30.3 Å². The van der Waals surface area contributed by atoms with Crippen LogP contribution in [0.25, 0.3) is 6.08 Å². The molecule has 9 nitrogen and oxygen atoms in total. The van der Waals surface area contributed by atoms with E-state index in [1.54, 1.807) is 18.2 Å². The average molecular weight is 543 g/mol. The van der Waals surface area contributed by atoms with Crippen LogP contribution in [0.1, 0.15) is 57.1 Å². The van der Waals surface area contributed by atoms with E-state index in [9.17, 15) is 24.9 Å². The molecule has 5 atom stereocenters. The Morgan fingerprint density at radius 2 is 1.74 bits per heavy atom. The first-order valence-electron chi connectivity index (χ1n) is 13.3. The highest BCUT2D eigenvalue weighted by atomic mass is 16.7. The summed E-state index contributed by atoms with van der Waals surface area (Å²) in [4.78, 5) is 26.0. The number of hydrogen-bond acceptors (Lipinski definition) is 9. The Bertz CT molecular complexity index is 1110. The van der Waals surface area contributed by atoms with Crippen LogP contribution in [0.3, 0.4) is 0 Å². The Labute approximate surface area is 229 Å². The summed E-state index contributed by atoms with van der Waals surface area (Å²) < 4.78 is 21.7. The molecular formula is C30H38O9. The summed E-state index contributed by atoms with van der Waals surface area (Å²) in [5.41, 5.74) is 1.62. The maximum Gasteiger partial charge on any atom is 0.334 e. The summed E-state index contributed by atoms with van der Waals surface area (Å²) in [6.07, 6.45) is -1.09. The van der Waals surface area contributed by atoms with Gasteiger partial charge in [-0.3, -0.25) is 4.79 Å². The minimum absolute atomic E-state index is 0.0493. The second-order valence-electron chi connectivity index (χ2n) is 9.62. The fourth-order valence-electron chi connectivity index (χ4n) is 4.35. The van der Waals surface area contributed by atoms with Crippen LogP contribution < -0.4 is 4.74 Å². The lowest BCUT2D eigenvalue weighted by Gasteiger charge is -2.40. The number of phenols is 1. The summed E-state index contributed by atoms with van der Waals surface area (Å²) in [6.45, 7) is 3.60. The quantitative estimate of drug-likeness (QED) is 0.207. The van der Waals surface area contributed by atoms with Crippen LogP contribution in [-0.2, 0) is 30.2 Å².